The zero-order chi connectivity index (χ0) is 13.9. The van der Waals surface area contributed by atoms with Gasteiger partial charge in [0.15, 0.2) is 0 Å². The molecule has 0 saturated carbocycles. The second-order valence-corrected chi connectivity index (χ2v) is 4.91. The SMILES string of the molecule is CCCC1(C(=O)Nc2c(F)cccc2F)CCCN1. The van der Waals surface area contributed by atoms with E-state index in [9.17, 15) is 13.6 Å². The first-order chi connectivity index (χ1) is 9.09. The van der Waals surface area contributed by atoms with E-state index in [1.165, 1.54) is 6.07 Å². The summed E-state index contributed by atoms with van der Waals surface area (Å²) < 4.78 is 27.1. The van der Waals surface area contributed by atoms with Crippen molar-refractivity contribution in [1.82, 2.24) is 5.32 Å². The molecule has 1 aromatic carbocycles. The molecule has 2 rings (SSSR count). The van der Waals surface area contributed by atoms with Crippen molar-refractivity contribution in [2.45, 2.75) is 38.1 Å². The number of carbonyl (C=O) groups is 1. The lowest BCUT2D eigenvalue weighted by atomic mass is 9.90. The zero-order valence-electron chi connectivity index (χ0n) is 10.9. The summed E-state index contributed by atoms with van der Waals surface area (Å²) in [4.78, 5) is 12.3. The van der Waals surface area contributed by atoms with Crippen LogP contribution in [0.25, 0.3) is 0 Å². The quantitative estimate of drug-likeness (QED) is 0.881. The topological polar surface area (TPSA) is 41.1 Å². The summed E-state index contributed by atoms with van der Waals surface area (Å²) in [6.07, 6.45) is 3.09. The Bertz CT molecular complexity index is 450. The molecule has 5 heteroatoms. The fourth-order valence-corrected chi connectivity index (χ4v) is 2.60. The van der Waals surface area contributed by atoms with E-state index in [1.807, 2.05) is 6.92 Å². The number of hydrogen-bond acceptors (Lipinski definition) is 2. The molecule has 1 heterocycles. The average Bonchev–Trinajstić information content (AvgIpc) is 2.84. The van der Waals surface area contributed by atoms with Crippen molar-refractivity contribution in [3.63, 3.8) is 0 Å². The minimum Gasteiger partial charge on any atom is -0.320 e. The molecule has 1 aromatic rings. The number of amides is 1. The van der Waals surface area contributed by atoms with E-state index in [0.29, 0.717) is 12.8 Å². The van der Waals surface area contributed by atoms with Crippen LogP contribution in [0.15, 0.2) is 18.2 Å². The van der Waals surface area contributed by atoms with E-state index in [4.69, 9.17) is 0 Å². The van der Waals surface area contributed by atoms with Gasteiger partial charge in [-0.2, -0.15) is 0 Å². The molecule has 0 aromatic heterocycles. The molecule has 1 aliphatic rings. The van der Waals surface area contributed by atoms with Crippen molar-refractivity contribution in [1.29, 1.82) is 0 Å². The third kappa shape index (κ3) is 2.76. The Balaban J connectivity index is 2.20. The van der Waals surface area contributed by atoms with E-state index in [1.54, 1.807) is 0 Å². The van der Waals surface area contributed by atoms with Gasteiger partial charge >= 0.3 is 0 Å². The van der Waals surface area contributed by atoms with Crippen LogP contribution in [0.5, 0.6) is 0 Å². The Hall–Kier alpha value is -1.49. The fourth-order valence-electron chi connectivity index (χ4n) is 2.60. The second kappa shape index (κ2) is 5.65. The molecule has 1 atom stereocenters. The molecule has 0 aliphatic carbocycles. The summed E-state index contributed by atoms with van der Waals surface area (Å²) in [5, 5.41) is 5.57. The number of halogens is 2. The predicted molar refractivity (Wildman–Crippen MR) is 69.9 cm³/mol. The molecule has 0 spiro atoms. The van der Waals surface area contributed by atoms with Crippen LogP contribution in [0.3, 0.4) is 0 Å². The standard InChI is InChI=1S/C14H18F2N2O/c1-2-7-14(8-4-9-17-14)13(19)18-12-10(15)5-3-6-11(12)16/h3,5-6,17H,2,4,7-9H2,1H3,(H,18,19). The number of rotatable bonds is 4. The highest BCUT2D eigenvalue weighted by Crippen LogP contribution is 2.27. The third-order valence-electron chi connectivity index (χ3n) is 3.56. The summed E-state index contributed by atoms with van der Waals surface area (Å²) in [7, 11) is 0. The molecule has 2 N–H and O–H groups in total. The van der Waals surface area contributed by atoms with Crippen LogP contribution in [0.2, 0.25) is 0 Å². The largest absolute Gasteiger partial charge is 0.320 e. The lowest BCUT2D eigenvalue weighted by molar-refractivity contribution is -0.122. The maximum Gasteiger partial charge on any atom is 0.244 e. The highest BCUT2D eigenvalue weighted by atomic mass is 19.1. The predicted octanol–water partition coefficient (Wildman–Crippen LogP) is 2.83. The number of benzene rings is 1. The minimum absolute atomic E-state index is 0.351. The van der Waals surface area contributed by atoms with E-state index >= 15 is 0 Å². The minimum atomic E-state index is -0.752. The number of carbonyl (C=O) groups excluding carboxylic acids is 1. The van der Waals surface area contributed by atoms with Crippen molar-refractivity contribution in [2.75, 3.05) is 11.9 Å². The van der Waals surface area contributed by atoms with Gasteiger partial charge in [0.25, 0.3) is 0 Å². The van der Waals surface area contributed by atoms with Gasteiger partial charge in [0, 0.05) is 0 Å². The zero-order valence-corrected chi connectivity index (χ0v) is 10.9. The van der Waals surface area contributed by atoms with Gasteiger partial charge in [0.05, 0.1) is 5.54 Å². The third-order valence-corrected chi connectivity index (χ3v) is 3.56. The van der Waals surface area contributed by atoms with Crippen LogP contribution in [0.1, 0.15) is 32.6 Å². The molecule has 1 unspecified atom stereocenters. The van der Waals surface area contributed by atoms with Crippen molar-refractivity contribution in [3.05, 3.63) is 29.8 Å². The Kier molecular flexibility index (Phi) is 4.14. The normalized spacial score (nSPS) is 22.5. The van der Waals surface area contributed by atoms with Gasteiger partial charge < -0.3 is 10.6 Å². The monoisotopic (exact) mass is 268 g/mol. The van der Waals surface area contributed by atoms with Crippen LogP contribution in [-0.4, -0.2) is 18.0 Å². The Morgan fingerprint density at radius 2 is 2.11 bits per heavy atom. The van der Waals surface area contributed by atoms with Crippen molar-refractivity contribution >= 4 is 11.6 Å². The fraction of sp³-hybridized carbons (Fsp3) is 0.500. The first-order valence-electron chi connectivity index (χ1n) is 6.59. The smallest absolute Gasteiger partial charge is 0.244 e. The van der Waals surface area contributed by atoms with Crippen molar-refractivity contribution < 1.29 is 13.6 Å². The molecule has 0 radical (unpaired) electrons. The highest BCUT2D eigenvalue weighted by molar-refractivity contribution is 5.98. The van der Waals surface area contributed by atoms with Gasteiger partial charge in [-0.25, -0.2) is 8.78 Å². The summed E-state index contributed by atoms with van der Waals surface area (Å²) >= 11 is 0. The van der Waals surface area contributed by atoms with E-state index in [2.05, 4.69) is 10.6 Å². The van der Waals surface area contributed by atoms with Gasteiger partial charge in [0.2, 0.25) is 5.91 Å². The molecule has 19 heavy (non-hydrogen) atoms. The summed E-state index contributed by atoms with van der Waals surface area (Å²) in [6.45, 7) is 2.74. The summed E-state index contributed by atoms with van der Waals surface area (Å²) in [5.41, 5.74) is -1.06. The summed E-state index contributed by atoms with van der Waals surface area (Å²) in [5.74, 6) is -1.85. The van der Waals surface area contributed by atoms with Gasteiger partial charge in [-0.05, 0) is 37.9 Å². The van der Waals surface area contributed by atoms with Crippen LogP contribution in [0.4, 0.5) is 14.5 Å². The number of nitrogens with one attached hydrogen (secondary N) is 2. The molecule has 104 valence electrons. The second-order valence-electron chi connectivity index (χ2n) is 4.91. The Labute approximate surface area is 111 Å². The van der Waals surface area contributed by atoms with Gasteiger partial charge in [-0.3, -0.25) is 4.79 Å². The highest BCUT2D eigenvalue weighted by Gasteiger charge is 2.40. The van der Waals surface area contributed by atoms with Crippen LogP contribution >= 0.6 is 0 Å². The van der Waals surface area contributed by atoms with Gasteiger partial charge in [0.1, 0.15) is 17.3 Å². The van der Waals surface area contributed by atoms with Crippen LogP contribution in [-0.2, 0) is 4.79 Å². The van der Waals surface area contributed by atoms with Crippen LogP contribution in [0, 0.1) is 11.6 Å². The molecule has 1 aliphatic heterocycles. The molecular weight excluding hydrogens is 250 g/mol. The lowest BCUT2D eigenvalue weighted by Gasteiger charge is -2.28. The number of anilines is 1. The van der Waals surface area contributed by atoms with E-state index in [-0.39, 0.29) is 11.6 Å². The van der Waals surface area contributed by atoms with E-state index in [0.717, 1.165) is 31.5 Å². The van der Waals surface area contributed by atoms with Gasteiger partial charge in [-0.15, -0.1) is 0 Å². The molecule has 1 fully saturated rings. The molecule has 1 amide bonds. The van der Waals surface area contributed by atoms with Gasteiger partial charge in [-0.1, -0.05) is 19.4 Å². The maximum absolute atomic E-state index is 13.5. The van der Waals surface area contributed by atoms with Crippen molar-refractivity contribution in [3.8, 4) is 0 Å². The van der Waals surface area contributed by atoms with Crippen LogP contribution < -0.4 is 10.6 Å². The maximum atomic E-state index is 13.5. The Morgan fingerprint density at radius 1 is 1.42 bits per heavy atom. The molecule has 1 saturated heterocycles. The number of hydrogen-bond donors (Lipinski definition) is 2. The molecular formula is C14H18F2N2O. The first kappa shape index (κ1) is 13.9. The first-order valence-corrected chi connectivity index (χ1v) is 6.59. The Morgan fingerprint density at radius 3 is 2.63 bits per heavy atom. The lowest BCUT2D eigenvalue weighted by Crippen LogP contribution is -2.50. The average molecular weight is 268 g/mol. The molecule has 0 bridgehead atoms. The van der Waals surface area contributed by atoms with Crippen molar-refractivity contribution in [2.24, 2.45) is 0 Å². The number of para-hydroxylation sites is 1. The summed E-state index contributed by atoms with van der Waals surface area (Å²) in [6, 6.07) is 3.54. The van der Waals surface area contributed by atoms with E-state index < -0.39 is 17.2 Å². The molecule has 3 nitrogen and oxygen atoms in total.